The quantitative estimate of drug-likeness (QED) is 0.726. The highest BCUT2D eigenvalue weighted by Crippen LogP contribution is 2.23. The van der Waals surface area contributed by atoms with E-state index < -0.39 is 5.60 Å². The summed E-state index contributed by atoms with van der Waals surface area (Å²) in [4.78, 5) is 25.0. The van der Waals surface area contributed by atoms with Gasteiger partial charge in [-0.3, -0.25) is 9.69 Å². The average Bonchev–Trinajstić information content (AvgIpc) is 1.97. The molecule has 0 unspecified atom stereocenters. The third-order valence-electron chi connectivity index (χ3n) is 2.55. The third kappa shape index (κ3) is 2.97. The van der Waals surface area contributed by atoms with E-state index in [0.29, 0.717) is 6.54 Å². The molecule has 0 spiro atoms. The molecule has 0 bridgehead atoms. The first-order valence-corrected chi connectivity index (χ1v) is 5.75. The Morgan fingerprint density at radius 2 is 1.88 bits per heavy atom. The van der Waals surface area contributed by atoms with Crippen LogP contribution >= 0.6 is 0 Å². The predicted octanol–water partition coefficient (Wildman–Crippen LogP) is 2.22. The zero-order valence-electron chi connectivity index (χ0n) is 10.7. The first-order chi connectivity index (χ1) is 7.22. The molecule has 0 aliphatic carbocycles. The van der Waals surface area contributed by atoms with E-state index in [0.717, 1.165) is 6.42 Å². The summed E-state index contributed by atoms with van der Waals surface area (Å²) in [6, 6.07) is -0.269. The van der Waals surface area contributed by atoms with Crippen molar-refractivity contribution in [2.75, 3.05) is 6.54 Å². The fourth-order valence-electron chi connectivity index (χ4n) is 1.61. The number of carbonyl (C=O) groups is 2. The van der Waals surface area contributed by atoms with Crippen LogP contribution in [0.15, 0.2) is 0 Å². The number of Topliss-reactive ketones (excluding diaryl/α,β-unsaturated/α-hetero) is 1. The second kappa shape index (κ2) is 4.44. The summed E-state index contributed by atoms with van der Waals surface area (Å²) >= 11 is 0. The molecule has 1 amide bonds. The number of hydrogen-bond acceptors (Lipinski definition) is 3. The van der Waals surface area contributed by atoms with Gasteiger partial charge in [-0.15, -0.1) is 0 Å². The zero-order chi connectivity index (χ0) is 12.5. The lowest BCUT2D eigenvalue weighted by Gasteiger charge is -2.41. The average molecular weight is 227 g/mol. The Hall–Kier alpha value is -1.06. The van der Waals surface area contributed by atoms with E-state index >= 15 is 0 Å². The first kappa shape index (κ1) is 13.0. The van der Waals surface area contributed by atoms with E-state index in [2.05, 4.69) is 0 Å². The number of carbonyl (C=O) groups excluding carboxylic acids is 2. The summed E-state index contributed by atoms with van der Waals surface area (Å²) in [5.41, 5.74) is -0.502. The van der Waals surface area contributed by atoms with Gasteiger partial charge in [0, 0.05) is 12.5 Å². The molecule has 0 saturated carbocycles. The maximum atomic E-state index is 11.8. The Balaban J connectivity index is 2.56. The Kier molecular flexibility index (Phi) is 3.61. The van der Waals surface area contributed by atoms with E-state index in [1.807, 2.05) is 34.6 Å². The van der Waals surface area contributed by atoms with Gasteiger partial charge in [-0.1, -0.05) is 13.8 Å². The topological polar surface area (TPSA) is 46.6 Å². The van der Waals surface area contributed by atoms with Crippen LogP contribution in [0.4, 0.5) is 4.79 Å². The molecule has 1 atom stereocenters. The SMILES string of the molecule is CC(C)C(=O)[C@@H]1CCN1C(=O)OC(C)(C)C. The smallest absolute Gasteiger partial charge is 0.410 e. The zero-order valence-corrected chi connectivity index (χ0v) is 10.7. The Labute approximate surface area is 96.9 Å². The molecule has 1 aliphatic rings. The van der Waals surface area contributed by atoms with Gasteiger partial charge in [0.15, 0.2) is 5.78 Å². The molecule has 92 valence electrons. The minimum Gasteiger partial charge on any atom is -0.444 e. The molecule has 0 N–H and O–H groups in total. The van der Waals surface area contributed by atoms with Crippen LogP contribution in [0, 0.1) is 5.92 Å². The van der Waals surface area contributed by atoms with Gasteiger partial charge in [0.05, 0.1) is 6.04 Å². The molecule has 4 nitrogen and oxygen atoms in total. The Morgan fingerprint density at radius 3 is 2.19 bits per heavy atom. The molecule has 0 radical (unpaired) electrons. The minimum atomic E-state index is -0.502. The number of ether oxygens (including phenoxy) is 1. The van der Waals surface area contributed by atoms with Crippen molar-refractivity contribution in [3.63, 3.8) is 0 Å². The van der Waals surface area contributed by atoms with Crippen LogP contribution in [-0.2, 0) is 9.53 Å². The van der Waals surface area contributed by atoms with Crippen LogP contribution in [0.3, 0.4) is 0 Å². The lowest BCUT2D eigenvalue weighted by molar-refractivity contribution is -0.131. The van der Waals surface area contributed by atoms with E-state index in [9.17, 15) is 9.59 Å². The summed E-state index contributed by atoms with van der Waals surface area (Å²) in [7, 11) is 0. The fourth-order valence-corrected chi connectivity index (χ4v) is 1.61. The second-order valence-electron chi connectivity index (χ2n) is 5.54. The van der Waals surface area contributed by atoms with Gasteiger partial charge in [0.1, 0.15) is 5.60 Å². The molecule has 1 saturated heterocycles. The number of nitrogens with zero attached hydrogens (tertiary/aromatic N) is 1. The molecule has 1 rings (SSSR count). The van der Waals surface area contributed by atoms with Crippen molar-refractivity contribution in [1.29, 1.82) is 0 Å². The van der Waals surface area contributed by atoms with Crippen molar-refractivity contribution >= 4 is 11.9 Å². The van der Waals surface area contributed by atoms with Gasteiger partial charge in [-0.25, -0.2) is 4.79 Å². The summed E-state index contributed by atoms with van der Waals surface area (Å²) in [5, 5.41) is 0. The van der Waals surface area contributed by atoms with Gasteiger partial charge in [-0.2, -0.15) is 0 Å². The number of likely N-dealkylation sites (tertiary alicyclic amines) is 1. The van der Waals surface area contributed by atoms with Crippen molar-refractivity contribution in [3.8, 4) is 0 Å². The molecule has 1 fully saturated rings. The van der Waals surface area contributed by atoms with Crippen LogP contribution in [0.2, 0.25) is 0 Å². The van der Waals surface area contributed by atoms with E-state index in [-0.39, 0.29) is 23.8 Å². The van der Waals surface area contributed by atoms with Gasteiger partial charge in [0.25, 0.3) is 0 Å². The number of hydrogen-bond donors (Lipinski definition) is 0. The lowest BCUT2D eigenvalue weighted by atomic mass is 9.92. The van der Waals surface area contributed by atoms with Crippen molar-refractivity contribution < 1.29 is 14.3 Å². The highest BCUT2D eigenvalue weighted by Gasteiger charge is 2.40. The summed E-state index contributed by atoms with van der Waals surface area (Å²) in [6.45, 7) is 9.80. The van der Waals surface area contributed by atoms with E-state index in [1.165, 1.54) is 4.90 Å². The van der Waals surface area contributed by atoms with Crippen LogP contribution in [0.5, 0.6) is 0 Å². The number of rotatable bonds is 2. The standard InChI is InChI=1S/C12H21NO3/c1-8(2)10(14)9-6-7-13(9)11(15)16-12(3,4)5/h8-9H,6-7H2,1-5H3/t9-/m0/s1. The number of amides is 1. The highest BCUT2D eigenvalue weighted by molar-refractivity contribution is 5.90. The molecular formula is C12H21NO3. The van der Waals surface area contributed by atoms with Gasteiger partial charge >= 0.3 is 6.09 Å². The maximum absolute atomic E-state index is 11.8. The summed E-state index contributed by atoms with van der Waals surface area (Å²) < 4.78 is 5.24. The molecule has 4 heteroatoms. The maximum Gasteiger partial charge on any atom is 0.410 e. The molecule has 0 aromatic heterocycles. The minimum absolute atomic E-state index is 0.0322. The van der Waals surface area contributed by atoms with E-state index in [1.54, 1.807) is 0 Å². The van der Waals surface area contributed by atoms with Crippen LogP contribution in [0.25, 0.3) is 0 Å². The van der Waals surface area contributed by atoms with Crippen molar-refractivity contribution in [2.45, 2.75) is 52.7 Å². The molecule has 0 aromatic carbocycles. The highest BCUT2D eigenvalue weighted by atomic mass is 16.6. The summed E-state index contributed by atoms with van der Waals surface area (Å²) in [5.74, 6) is 0.0901. The van der Waals surface area contributed by atoms with Gasteiger partial charge in [-0.05, 0) is 27.2 Å². The number of ketones is 1. The van der Waals surface area contributed by atoms with Crippen LogP contribution < -0.4 is 0 Å². The summed E-state index contributed by atoms with van der Waals surface area (Å²) in [6.07, 6.45) is 0.383. The van der Waals surface area contributed by atoms with Crippen LogP contribution in [-0.4, -0.2) is 35.0 Å². The molecule has 0 aromatic rings. The molecular weight excluding hydrogens is 206 g/mol. The lowest BCUT2D eigenvalue weighted by Crippen LogP contribution is -2.57. The van der Waals surface area contributed by atoms with Gasteiger partial charge < -0.3 is 4.74 Å². The Morgan fingerprint density at radius 1 is 1.31 bits per heavy atom. The second-order valence-corrected chi connectivity index (χ2v) is 5.54. The molecule has 1 aliphatic heterocycles. The monoisotopic (exact) mass is 227 g/mol. The van der Waals surface area contributed by atoms with Crippen molar-refractivity contribution in [3.05, 3.63) is 0 Å². The van der Waals surface area contributed by atoms with Crippen LogP contribution in [0.1, 0.15) is 41.0 Å². The van der Waals surface area contributed by atoms with Crippen molar-refractivity contribution in [2.24, 2.45) is 5.92 Å². The third-order valence-corrected chi connectivity index (χ3v) is 2.55. The normalized spacial score (nSPS) is 20.6. The largest absolute Gasteiger partial charge is 0.444 e. The molecule has 1 heterocycles. The molecule has 16 heavy (non-hydrogen) atoms. The van der Waals surface area contributed by atoms with Crippen molar-refractivity contribution in [1.82, 2.24) is 4.90 Å². The predicted molar refractivity (Wildman–Crippen MR) is 61.2 cm³/mol. The first-order valence-electron chi connectivity index (χ1n) is 5.75. The van der Waals surface area contributed by atoms with E-state index in [4.69, 9.17) is 4.74 Å². The van der Waals surface area contributed by atoms with Gasteiger partial charge in [0.2, 0.25) is 0 Å². The Bertz CT molecular complexity index is 291. The fraction of sp³-hybridized carbons (Fsp3) is 0.833.